The van der Waals surface area contributed by atoms with Crippen molar-refractivity contribution in [1.29, 1.82) is 0 Å². The molecule has 0 spiro atoms. The van der Waals surface area contributed by atoms with Gasteiger partial charge in [0.05, 0.1) is 0 Å². The standard InChI is InChI=1S/C14H24N2/c1-4-15-11-13(3)16(5-2)12-14-9-7-6-8-10-14/h6-10,13,15H,4-5,11-12H2,1-3H3. The molecular formula is C14H24N2. The Morgan fingerprint density at radius 1 is 1.19 bits per heavy atom. The summed E-state index contributed by atoms with van der Waals surface area (Å²) in [5, 5.41) is 3.41. The molecule has 2 nitrogen and oxygen atoms in total. The minimum Gasteiger partial charge on any atom is -0.315 e. The van der Waals surface area contributed by atoms with Crippen molar-refractivity contribution < 1.29 is 0 Å². The van der Waals surface area contributed by atoms with Gasteiger partial charge in [0.2, 0.25) is 0 Å². The summed E-state index contributed by atoms with van der Waals surface area (Å²) in [6.07, 6.45) is 0. The summed E-state index contributed by atoms with van der Waals surface area (Å²) in [6.45, 7) is 10.9. The van der Waals surface area contributed by atoms with Crippen molar-refractivity contribution in [2.75, 3.05) is 19.6 Å². The van der Waals surface area contributed by atoms with Gasteiger partial charge < -0.3 is 5.32 Å². The van der Waals surface area contributed by atoms with Crippen LogP contribution in [0.1, 0.15) is 26.3 Å². The summed E-state index contributed by atoms with van der Waals surface area (Å²) in [4.78, 5) is 2.50. The van der Waals surface area contributed by atoms with Crippen LogP contribution in [0.5, 0.6) is 0 Å². The second kappa shape index (κ2) is 7.42. The lowest BCUT2D eigenvalue weighted by Gasteiger charge is -2.28. The van der Waals surface area contributed by atoms with Crippen LogP contribution in [0.3, 0.4) is 0 Å². The van der Waals surface area contributed by atoms with Crippen molar-refractivity contribution in [3.8, 4) is 0 Å². The molecule has 2 heteroatoms. The summed E-state index contributed by atoms with van der Waals surface area (Å²) < 4.78 is 0. The van der Waals surface area contributed by atoms with Gasteiger partial charge in [0, 0.05) is 19.1 Å². The van der Waals surface area contributed by atoms with E-state index in [1.807, 2.05) is 0 Å². The van der Waals surface area contributed by atoms with E-state index in [9.17, 15) is 0 Å². The van der Waals surface area contributed by atoms with Gasteiger partial charge in [-0.2, -0.15) is 0 Å². The van der Waals surface area contributed by atoms with Gasteiger partial charge in [-0.3, -0.25) is 4.90 Å². The first-order valence-electron chi connectivity index (χ1n) is 6.26. The Bertz CT molecular complexity index is 271. The maximum absolute atomic E-state index is 3.41. The van der Waals surface area contributed by atoms with Crippen LogP contribution in [0.15, 0.2) is 30.3 Å². The number of hydrogen-bond acceptors (Lipinski definition) is 2. The van der Waals surface area contributed by atoms with E-state index in [-0.39, 0.29) is 0 Å². The Labute approximate surface area is 99.7 Å². The van der Waals surface area contributed by atoms with Gasteiger partial charge in [0.15, 0.2) is 0 Å². The zero-order valence-electron chi connectivity index (χ0n) is 10.7. The molecule has 1 unspecified atom stereocenters. The Hall–Kier alpha value is -0.860. The van der Waals surface area contributed by atoms with Crippen molar-refractivity contribution in [3.63, 3.8) is 0 Å². The molecule has 1 N–H and O–H groups in total. The van der Waals surface area contributed by atoms with Crippen molar-refractivity contribution in [3.05, 3.63) is 35.9 Å². The molecule has 0 saturated heterocycles. The average molecular weight is 220 g/mol. The molecule has 0 aromatic heterocycles. The molecule has 0 aliphatic rings. The Morgan fingerprint density at radius 3 is 2.44 bits per heavy atom. The van der Waals surface area contributed by atoms with Gasteiger partial charge >= 0.3 is 0 Å². The lowest BCUT2D eigenvalue weighted by Crippen LogP contribution is -2.39. The summed E-state index contributed by atoms with van der Waals surface area (Å²) in [5.74, 6) is 0. The summed E-state index contributed by atoms with van der Waals surface area (Å²) in [7, 11) is 0. The Kier molecular flexibility index (Phi) is 6.12. The molecule has 16 heavy (non-hydrogen) atoms. The molecule has 0 radical (unpaired) electrons. The van der Waals surface area contributed by atoms with Crippen LogP contribution in [-0.2, 0) is 6.54 Å². The number of rotatable bonds is 7. The molecule has 0 bridgehead atoms. The van der Waals surface area contributed by atoms with Crippen LogP contribution in [0, 0.1) is 0 Å². The zero-order valence-corrected chi connectivity index (χ0v) is 10.7. The fourth-order valence-corrected chi connectivity index (χ4v) is 1.88. The fraction of sp³-hybridized carbons (Fsp3) is 0.571. The molecule has 1 aromatic rings. The van der Waals surface area contributed by atoms with Crippen LogP contribution in [0.4, 0.5) is 0 Å². The van der Waals surface area contributed by atoms with E-state index < -0.39 is 0 Å². The van der Waals surface area contributed by atoms with Gasteiger partial charge in [-0.1, -0.05) is 44.2 Å². The molecule has 0 aliphatic carbocycles. The van der Waals surface area contributed by atoms with E-state index in [4.69, 9.17) is 0 Å². The fourth-order valence-electron chi connectivity index (χ4n) is 1.88. The number of benzene rings is 1. The van der Waals surface area contributed by atoms with E-state index in [1.165, 1.54) is 5.56 Å². The van der Waals surface area contributed by atoms with Crippen LogP contribution in [0.25, 0.3) is 0 Å². The first kappa shape index (κ1) is 13.2. The van der Waals surface area contributed by atoms with Crippen LogP contribution >= 0.6 is 0 Å². The quantitative estimate of drug-likeness (QED) is 0.759. The van der Waals surface area contributed by atoms with Gasteiger partial charge in [0.1, 0.15) is 0 Å². The third kappa shape index (κ3) is 4.33. The van der Waals surface area contributed by atoms with E-state index in [0.29, 0.717) is 6.04 Å². The summed E-state index contributed by atoms with van der Waals surface area (Å²) in [5.41, 5.74) is 1.40. The molecule has 1 aromatic carbocycles. The molecule has 0 fully saturated rings. The van der Waals surface area contributed by atoms with Gasteiger partial charge in [0.25, 0.3) is 0 Å². The van der Waals surface area contributed by atoms with Gasteiger partial charge in [-0.15, -0.1) is 0 Å². The highest BCUT2D eigenvalue weighted by molar-refractivity contribution is 5.14. The van der Waals surface area contributed by atoms with Crippen LogP contribution < -0.4 is 5.32 Å². The van der Waals surface area contributed by atoms with Crippen LogP contribution in [-0.4, -0.2) is 30.6 Å². The van der Waals surface area contributed by atoms with E-state index in [1.54, 1.807) is 0 Å². The van der Waals surface area contributed by atoms with Crippen LogP contribution in [0.2, 0.25) is 0 Å². The number of nitrogens with zero attached hydrogens (tertiary/aromatic N) is 1. The minimum atomic E-state index is 0.588. The van der Waals surface area contributed by atoms with E-state index >= 15 is 0 Å². The minimum absolute atomic E-state index is 0.588. The van der Waals surface area contributed by atoms with Crippen molar-refractivity contribution in [1.82, 2.24) is 10.2 Å². The highest BCUT2D eigenvalue weighted by Gasteiger charge is 2.11. The summed E-state index contributed by atoms with van der Waals surface area (Å²) >= 11 is 0. The molecule has 0 saturated carbocycles. The van der Waals surface area contributed by atoms with Gasteiger partial charge in [-0.05, 0) is 25.6 Å². The number of nitrogens with one attached hydrogen (secondary N) is 1. The van der Waals surface area contributed by atoms with Crippen molar-refractivity contribution in [2.24, 2.45) is 0 Å². The van der Waals surface area contributed by atoms with Crippen molar-refractivity contribution >= 4 is 0 Å². The highest BCUT2D eigenvalue weighted by atomic mass is 15.2. The molecule has 0 aliphatic heterocycles. The van der Waals surface area contributed by atoms with E-state index in [2.05, 4.69) is 61.3 Å². The smallest absolute Gasteiger partial charge is 0.0236 e. The molecule has 90 valence electrons. The van der Waals surface area contributed by atoms with Crippen molar-refractivity contribution in [2.45, 2.75) is 33.4 Å². The SMILES string of the molecule is CCNCC(C)N(CC)Cc1ccccc1. The third-order valence-electron chi connectivity index (χ3n) is 2.95. The monoisotopic (exact) mass is 220 g/mol. The predicted octanol–water partition coefficient (Wildman–Crippen LogP) is 2.51. The molecule has 0 heterocycles. The topological polar surface area (TPSA) is 15.3 Å². The molecule has 0 amide bonds. The lowest BCUT2D eigenvalue weighted by atomic mass is 10.2. The number of likely N-dealkylation sites (N-methyl/N-ethyl adjacent to an activating group) is 2. The first-order chi connectivity index (χ1) is 7.77. The normalized spacial score (nSPS) is 13.0. The number of hydrogen-bond donors (Lipinski definition) is 1. The maximum Gasteiger partial charge on any atom is 0.0236 e. The average Bonchev–Trinajstić information content (AvgIpc) is 2.34. The molecule has 1 atom stereocenters. The lowest BCUT2D eigenvalue weighted by molar-refractivity contribution is 0.207. The van der Waals surface area contributed by atoms with E-state index in [0.717, 1.165) is 26.2 Å². The largest absolute Gasteiger partial charge is 0.315 e. The first-order valence-corrected chi connectivity index (χ1v) is 6.26. The maximum atomic E-state index is 3.41. The predicted molar refractivity (Wildman–Crippen MR) is 70.5 cm³/mol. The zero-order chi connectivity index (χ0) is 11.8. The highest BCUT2D eigenvalue weighted by Crippen LogP contribution is 2.07. The Morgan fingerprint density at radius 2 is 1.88 bits per heavy atom. The summed E-state index contributed by atoms with van der Waals surface area (Å²) in [6, 6.07) is 11.3. The second-order valence-corrected chi connectivity index (χ2v) is 4.21. The second-order valence-electron chi connectivity index (χ2n) is 4.21. The molecular weight excluding hydrogens is 196 g/mol. The Balaban J connectivity index is 2.48. The van der Waals surface area contributed by atoms with Gasteiger partial charge in [-0.25, -0.2) is 0 Å². The third-order valence-corrected chi connectivity index (χ3v) is 2.95. The molecule has 1 rings (SSSR count).